The highest BCUT2D eigenvalue weighted by molar-refractivity contribution is 9.10. The maximum atomic E-state index is 12.0. The molecule has 3 rings (SSSR count). The third kappa shape index (κ3) is 4.64. The van der Waals surface area contributed by atoms with Crippen LogP contribution in [-0.2, 0) is 4.79 Å². The summed E-state index contributed by atoms with van der Waals surface area (Å²) in [7, 11) is 1.59. The van der Waals surface area contributed by atoms with Crippen LogP contribution in [0.1, 0.15) is 0 Å². The molecule has 0 bridgehead atoms. The van der Waals surface area contributed by atoms with Gasteiger partial charge in [-0.1, -0.05) is 36.4 Å². The number of benzene rings is 3. The van der Waals surface area contributed by atoms with E-state index in [1.807, 2.05) is 42.5 Å². The summed E-state index contributed by atoms with van der Waals surface area (Å²) in [6.45, 7) is -0.181. The Hall–Kier alpha value is -2.79. The molecule has 0 spiro atoms. The smallest absolute Gasteiger partial charge is 0.349 e. The van der Waals surface area contributed by atoms with Crippen molar-refractivity contribution in [2.75, 3.05) is 13.7 Å². The molecular formula is C21H17BrO4. The molecule has 5 heteroatoms. The van der Waals surface area contributed by atoms with Crippen molar-refractivity contribution in [2.24, 2.45) is 0 Å². The van der Waals surface area contributed by atoms with Gasteiger partial charge in [0.25, 0.3) is 0 Å². The highest BCUT2D eigenvalue weighted by Gasteiger charge is 2.10. The zero-order valence-corrected chi connectivity index (χ0v) is 15.7. The van der Waals surface area contributed by atoms with Gasteiger partial charge in [0, 0.05) is 0 Å². The molecule has 3 aromatic rings. The van der Waals surface area contributed by atoms with E-state index in [1.165, 1.54) is 0 Å². The molecule has 0 heterocycles. The largest absolute Gasteiger partial charge is 0.497 e. The first-order valence-electron chi connectivity index (χ1n) is 7.98. The van der Waals surface area contributed by atoms with Gasteiger partial charge in [0.15, 0.2) is 6.61 Å². The van der Waals surface area contributed by atoms with Crippen LogP contribution >= 0.6 is 15.9 Å². The lowest BCUT2D eigenvalue weighted by Gasteiger charge is -2.10. The van der Waals surface area contributed by atoms with E-state index in [4.69, 9.17) is 14.2 Å². The van der Waals surface area contributed by atoms with Crippen molar-refractivity contribution < 1.29 is 19.0 Å². The predicted octanol–water partition coefficient (Wildman–Crippen LogP) is 5.11. The second kappa shape index (κ2) is 8.54. The molecule has 0 aromatic heterocycles. The van der Waals surface area contributed by atoms with Crippen LogP contribution in [0.25, 0.3) is 11.1 Å². The van der Waals surface area contributed by atoms with Gasteiger partial charge in [-0.05, 0) is 63.5 Å². The molecule has 26 heavy (non-hydrogen) atoms. The Morgan fingerprint density at radius 3 is 2.23 bits per heavy atom. The van der Waals surface area contributed by atoms with Crippen molar-refractivity contribution in [3.05, 3.63) is 77.3 Å². The Bertz CT molecular complexity index is 876. The topological polar surface area (TPSA) is 44.8 Å². The van der Waals surface area contributed by atoms with Crippen LogP contribution in [0.2, 0.25) is 0 Å². The summed E-state index contributed by atoms with van der Waals surface area (Å²) in [6.07, 6.45) is 0. The molecule has 0 aliphatic rings. The molecular weight excluding hydrogens is 396 g/mol. The molecule has 0 atom stereocenters. The van der Waals surface area contributed by atoms with Gasteiger partial charge in [0.1, 0.15) is 17.2 Å². The minimum atomic E-state index is -0.478. The second-order valence-electron chi connectivity index (χ2n) is 5.45. The first-order chi connectivity index (χ1) is 12.7. The van der Waals surface area contributed by atoms with E-state index in [1.54, 1.807) is 37.4 Å². The summed E-state index contributed by atoms with van der Waals surface area (Å²) in [6, 6.07) is 22.6. The number of esters is 1. The van der Waals surface area contributed by atoms with Crippen LogP contribution in [0.3, 0.4) is 0 Å². The van der Waals surface area contributed by atoms with Crippen molar-refractivity contribution >= 4 is 21.9 Å². The minimum Gasteiger partial charge on any atom is -0.497 e. The molecule has 0 saturated carbocycles. The maximum absolute atomic E-state index is 12.0. The van der Waals surface area contributed by atoms with Gasteiger partial charge < -0.3 is 14.2 Å². The van der Waals surface area contributed by atoms with E-state index in [9.17, 15) is 4.79 Å². The fourth-order valence-corrected chi connectivity index (χ4v) is 2.82. The van der Waals surface area contributed by atoms with Crippen molar-refractivity contribution in [1.82, 2.24) is 0 Å². The third-order valence-electron chi connectivity index (χ3n) is 3.68. The molecule has 132 valence electrons. The van der Waals surface area contributed by atoms with Gasteiger partial charge in [0.2, 0.25) is 0 Å². The molecule has 0 N–H and O–H groups in total. The number of rotatable bonds is 6. The number of carbonyl (C=O) groups is 1. The fraction of sp³-hybridized carbons (Fsp3) is 0.0952. The summed E-state index contributed by atoms with van der Waals surface area (Å²) in [5, 5.41) is 0. The van der Waals surface area contributed by atoms with Crippen molar-refractivity contribution in [1.29, 1.82) is 0 Å². The molecule has 0 aliphatic carbocycles. The molecule has 0 fully saturated rings. The van der Waals surface area contributed by atoms with Crippen LogP contribution in [0, 0.1) is 0 Å². The Morgan fingerprint density at radius 2 is 1.58 bits per heavy atom. The molecule has 0 amide bonds. The van der Waals surface area contributed by atoms with E-state index < -0.39 is 5.97 Å². The monoisotopic (exact) mass is 412 g/mol. The maximum Gasteiger partial charge on any atom is 0.349 e. The number of hydrogen-bond acceptors (Lipinski definition) is 4. The summed E-state index contributed by atoms with van der Waals surface area (Å²) in [5.74, 6) is 1.27. The van der Waals surface area contributed by atoms with Gasteiger partial charge in [-0.2, -0.15) is 0 Å². The van der Waals surface area contributed by atoms with E-state index in [0.717, 1.165) is 16.9 Å². The van der Waals surface area contributed by atoms with Crippen LogP contribution < -0.4 is 14.2 Å². The minimum absolute atomic E-state index is 0.181. The molecule has 4 nitrogen and oxygen atoms in total. The highest BCUT2D eigenvalue weighted by Crippen LogP contribution is 2.30. The van der Waals surface area contributed by atoms with Gasteiger partial charge in [-0.25, -0.2) is 4.79 Å². The SMILES string of the molecule is COc1ccc(OCC(=O)Oc2ccc(-c3ccccc3)cc2Br)cc1. The van der Waals surface area contributed by atoms with Crippen molar-refractivity contribution in [3.63, 3.8) is 0 Å². The zero-order chi connectivity index (χ0) is 18.4. The second-order valence-corrected chi connectivity index (χ2v) is 6.30. The number of hydrogen-bond donors (Lipinski definition) is 0. The van der Waals surface area contributed by atoms with Gasteiger partial charge in [0.05, 0.1) is 11.6 Å². The van der Waals surface area contributed by atoms with Crippen molar-refractivity contribution in [3.8, 4) is 28.4 Å². The van der Waals surface area contributed by atoms with Crippen LogP contribution in [0.5, 0.6) is 17.2 Å². The lowest BCUT2D eigenvalue weighted by atomic mass is 10.1. The Kier molecular flexibility index (Phi) is 5.92. The lowest BCUT2D eigenvalue weighted by molar-refractivity contribution is -0.136. The number of halogens is 1. The number of ether oxygens (including phenoxy) is 3. The predicted molar refractivity (Wildman–Crippen MR) is 104 cm³/mol. The normalized spacial score (nSPS) is 10.2. The average molecular weight is 413 g/mol. The highest BCUT2D eigenvalue weighted by atomic mass is 79.9. The molecule has 0 unspecified atom stereocenters. The van der Waals surface area contributed by atoms with Crippen molar-refractivity contribution in [2.45, 2.75) is 0 Å². The van der Waals surface area contributed by atoms with E-state index in [0.29, 0.717) is 16.0 Å². The molecule has 0 aliphatic heterocycles. The van der Waals surface area contributed by atoms with E-state index in [2.05, 4.69) is 15.9 Å². The summed E-state index contributed by atoms with van der Waals surface area (Å²) < 4.78 is 16.6. The molecule has 3 aromatic carbocycles. The number of methoxy groups -OCH3 is 1. The average Bonchev–Trinajstić information content (AvgIpc) is 2.69. The summed E-state index contributed by atoms with van der Waals surface area (Å²) in [4.78, 5) is 12.0. The first-order valence-corrected chi connectivity index (χ1v) is 8.77. The molecule has 0 saturated heterocycles. The Balaban J connectivity index is 1.60. The zero-order valence-electron chi connectivity index (χ0n) is 14.1. The lowest BCUT2D eigenvalue weighted by Crippen LogP contribution is -2.17. The first kappa shape index (κ1) is 18.0. The van der Waals surface area contributed by atoms with Crippen LogP contribution in [0.4, 0.5) is 0 Å². The van der Waals surface area contributed by atoms with Gasteiger partial charge in [-0.3, -0.25) is 0 Å². The summed E-state index contributed by atoms with van der Waals surface area (Å²) >= 11 is 3.45. The van der Waals surface area contributed by atoms with Gasteiger partial charge >= 0.3 is 5.97 Å². The van der Waals surface area contributed by atoms with E-state index >= 15 is 0 Å². The summed E-state index contributed by atoms with van der Waals surface area (Å²) in [5.41, 5.74) is 2.13. The molecule has 0 radical (unpaired) electrons. The van der Waals surface area contributed by atoms with Gasteiger partial charge in [-0.15, -0.1) is 0 Å². The van der Waals surface area contributed by atoms with E-state index in [-0.39, 0.29) is 6.61 Å². The van der Waals surface area contributed by atoms with Crippen LogP contribution in [0.15, 0.2) is 77.3 Å². The standard InChI is InChI=1S/C21H17BrO4/c1-24-17-8-10-18(11-9-17)25-14-21(23)26-20-12-7-16(13-19(20)22)15-5-3-2-4-6-15/h2-13H,14H2,1H3. The fourth-order valence-electron chi connectivity index (χ4n) is 2.36. The quantitative estimate of drug-likeness (QED) is 0.416. The third-order valence-corrected chi connectivity index (χ3v) is 4.30. The Labute approximate surface area is 160 Å². The number of carbonyl (C=O) groups excluding carboxylic acids is 1. The van der Waals surface area contributed by atoms with Crippen LogP contribution in [-0.4, -0.2) is 19.7 Å². The Morgan fingerprint density at radius 1 is 0.885 bits per heavy atom.